The molecule has 1 rings (SSSR count). The molecule has 1 unspecified atom stereocenters. The second-order valence-corrected chi connectivity index (χ2v) is 4.80. The van der Waals surface area contributed by atoms with Gasteiger partial charge in [-0.05, 0) is 25.8 Å². The van der Waals surface area contributed by atoms with E-state index in [4.69, 9.17) is 4.74 Å². The van der Waals surface area contributed by atoms with Gasteiger partial charge in [0, 0.05) is 5.56 Å². The highest BCUT2D eigenvalue weighted by Crippen LogP contribution is 2.36. The third-order valence-electron chi connectivity index (χ3n) is 3.45. The van der Waals surface area contributed by atoms with E-state index in [0.29, 0.717) is 0 Å². The zero-order valence-corrected chi connectivity index (χ0v) is 11.4. The Kier molecular flexibility index (Phi) is 4.61. The average Bonchev–Trinajstić information content (AvgIpc) is 2.35. The van der Waals surface area contributed by atoms with Gasteiger partial charge >= 0.3 is 5.97 Å². The SMILES string of the molecule is CCOC(=O)C(C)(c1ccc(F)c(F)c1F)C(C)C. The minimum absolute atomic E-state index is 0.131. The maximum atomic E-state index is 13.9. The molecule has 0 fully saturated rings. The fourth-order valence-corrected chi connectivity index (χ4v) is 1.86. The molecular formula is C14H17F3O2. The van der Waals surface area contributed by atoms with Crippen molar-refractivity contribution in [2.24, 2.45) is 5.92 Å². The fourth-order valence-electron chi connectivity index (χ4n) is 1.86. The molecule has 0 N–H and O–H groups in total. The maximum Gasteiger partial charge on any atom is 0.316 e. The van der Waals surface area contributed by atoms with Crippen LogP contribution in [0.1, 0.15) is 33.3 Å². The van der Waals surface area contributed by atoms with Gasteiger partial charge in [-0.2, -0.15) is 0 Å². The summed E-state index contributed by atoms with van der Waals surface area (Å²) in [7, 11) is 0. The lowest BCUT2D eigenvalue weighted by molar-refractivity contribution is -0.151. The van der Waals surface area contributed by atoms with E-state index in [1.807, 2.05) is 0 Å². The van der Waals surface area contributed by atoms with Crippen molar-refractivity contribution in [2.75, 3.05) is 6.61 Å². The molecule has 106 valence electrons. The lowest BCUT2D eigenvalue weighted by Gasteiger charge is -2.32. The monoisotopic (exact) mass is 274 g/mol. The van der Waals surface area contributed by atoms with E-state index < -0.39 is 28.8 Å². The molecule has 2 nitrogen and oxygen atoms in total. The Labute approximate surface area is 110 Å². The fraction of sp³-hybridized carbons (Fsp3) is 0.500. The van der Waals surface area contributed by atoms with Crippen molar-refractivity contribution in [3.63, 3.8) is 0 Å². The Bertz CT molecular complexity index is 486. The van der Waals surface area contributed by atoms with E-state index in [2.05, 4.69) is 0 Å². The summed E-state index contributed by atoms with van der Waals surface area (Å²) < 4.78 is 45.1. The Hall–Kier alpha value is -1.52. The van der Waals surface area contributed by atoms with E-state index in [9.17, 15) is 18.0 Å². The van der Waals surface area contributed by atoms with Crippen molar-refractivity contribution in [2.45, 2.75) is 33.1 Å². The summed E-state index contributed by atoms with van der Waals surface area (Å²) in [5.41, 5.74) is -1.56. The van der Waals surface area contributed by atoms with Crippen LogP contribution in [0.5, 0.6) is 0 Å². The Morgan fingerprint density at radius 1 is 1.26 bits per heavy atom. The number of esters is 1. The molecule has 0 spiro atoms. The molecule has 5 heteroatoms. The van der Waals surface area contributed by atoms with Crippen LogP contribution < -0.4 is 0 Å². The van der Waals surface area contributed by atoms with Crippen LogP contribution in [0.4, 0.5) is 13.2 Å². The predicted molar refractivity (Wildman–Crippen MR) is 65.1 cm³/mol. The van der Waals surface area contributed by atoms with E-state index in [1.54, 1.807) is 20.8 Å². The molecule has 0 aromatic heterocycles. The zero-order chi connectivity index (χ0) is 14.8. The number of hydrogen-bond acceptors (Lipinski definition) is 2. The van der Waals surface area contributed by atoms with Gasteiger partial charge in [0.2, 0.25) is 0 Å². The highest BCUT2D eigenvalue weighted by atomic mass is 19.2. The van der Waals surface area contributed by atoms with Gasteiger partial charge in [-0.3, -0.25) is 4.79 Å². The van der Waals surface area contributed by atoms with Gasteiger partial charge in [-0.25, -0.2) is 13.2 Å². The number of halogens is 3. The molecule has 0 heterocycles. The smallest absolute Gasteiger partial charge is 0.316 e. The highest BCUT2D eigenvalue weighted by molar-refractivity contribution is 5.83. The first-order valence-electron chi connectivity index (χ1n) is 6.08. The first-order chi connectivity index (χ1) is 8.76. The first kappa shape index (κ1) is 15.5. The quantitative estimate of drug-likeness (QED) is 0.619. The lowest BCUT2D eigenvalue weighted by atomic mass is 9.73. The summed E-state index contributed by atoms with van der Waals surface area (Å²) in [5, 5.41) is 0. The molecule has 0 aliphatic rings. The van der Waals surface area contributed by atoms with E-state index in [1.165, 1.54) is 6.92 Å². The van der Waals surface area contributed by atoms with Gasteiger partial charge in [0.1, 0.15) is 0 Å². The van der Waals surface area contributed by atoms with Crippen molar-refractivity contribution < 1.29 is 22.7 Å². The molecule has 0 radical (unpaired) electrons. The minimum Gasteiger partial charge on any atom is -0.465 e. The van der Waals surface area contributed by atoms with Crippen LogP contribution in [0.25, 0.3) is 0 Å². The summed E-state index contributed by atoms with van der Waals surface area (Å²) in [4.78, 5) is 12.1. The predicted octanol–water partition coefficient (Wildman–Crippen LogP) is 3.58. The summed E-state index contributed by atoms with van der Waals surface area (Å²) in [6, 6.07) is 1.90. The van der Waals surface area contributed by atoms with Crippen LogP contribution in [0.2, 0.25) is 0 Å². The molecule has 1 aromatic carbocycles. The van der Waals surface area contributed by atoms with Crippen LogP contribution >= 0.6 is 0 Å². The van der Waals surface area contributed by atoms with Gasteiger partial charge in [-0.1, -0.05) is 19.9 Å². The molecule has 0 bridgehead atoms. The van der Waals surface area contributed by atoms with Crippen LogP contribution in [-0.2, 0) is 14.9 Å². The number of ether oxygens (including phenoxy) is 1. The van der Waals surface area contributed by atoms with Crippen LogP contribution in [0, 0.1) is 23.4 Å². The molecule has 1 aromatic rings. The number of benzene rings is 1. The normalized spacial score (nSPS) is 14.3. The Balaban J connectivity index is 3.43. The topological polar surface area (TPSA) is 26.3 Å². The first-order valence-corrected chi connectivity index (χ1v) is 6.08. The largest absolute Gasteiger partial charge is 0.465 e. The van der Waals surface area contributed by atoms with Gasteiger partial charge in [0.25, 0.3) is 0 Å². The van der Waals surface area contributed by atoms with E-state index in [0.717, 1.165) is 12.1 Å². The minimum atomic E-state index is -1.58. The van der Waals surface area contributed by atoms with Crippen molar-refractivity contribution in [3.8, 4) is 0 Å². The molecular weight excluding hydrogens is 257 g/mol. The summed E-state index contributed by atoms with van der Waals surface area (Å²) >= 11 is 0. The summed E-state index contributed by atoms with van der Waals surface area (Å²) in [6.45, 7) is 6.60. The highest BCUT2D eigenvalue weighted by Gasteiger charge is 2.42. The van der Waals surface area contributed by atoms with Crippen molar-refractivity contribution in [1.29, 1.82) is 0 Å². The molecule has 0 saturated carbocycles. The third-order valence-corrected chi connectivity index (χ3v) is 3.45. The van der Waals surface area contributed by atoms with Crippen molar-refractivity contribution in [1.82, 2.24) is 0 Å². The standard InChI is InChI=1S/C14H17F3O2/c1-5-19-13(18)14(4,8(2)3)9-6-7-10(15)12(17)11(9)16/h6-8H,5H2,1-4H3. The number of rotatable bonds is 4. The van der Waals surface area contributed by atoms with E-state index >= 15 is 0 Å². The molecule has 19 heavy (non-hydrogen) atoms. The lowest BCUT2D eigenvalue weighted by Crippen LogP contribution is -2.40. The third kappa shape index (κ3) is 2.60. The van der Waals surface area contributed by atoms with Crippen LogP contribution in [0.15, 0.2) is 12.1 Å². The second-order valence-electron chi connectivity index (χ2n) is 4.80. The summed E-state index contributed by atoms with van der Waals surface area (Å²) in [5.74, 6) is -5.20. The van der Waals surface area contributed by atoms with Crippen molar-refractivity contribution in [3.05, 3.63) is 35.1 Å². The van der Waals surface area contributed by atoms with Gasteiger partial charge < -0.3 is 4.74 Å². The average molecular weight is 274 g/mol. The van der Waals surface area contributed by atoms with Crippen LogP contribution in [0.3, 0.4) is 0 Å². The zero-order valence-electron chi connectivity index (χ0n) is 11.4. The molecule has 0 aliphatic heterocycles. The van der Waals surface area contributed by atoms with Gasteiger partial charge in [0.15, 0.2) is 17.5 Å². The van der Waals surface area contributed by atoms with Crippen LogP contribution in [-0.4, -0.2) is 12.6 Å². The molecule has 1 atom stereocenters. The Morgan fingerprint density at radius 3 is 2.32 bits per heavy atom. The Morgan fingerprint density at radius 2 is 1.84 bits per heavy atom. The number of carbonyl (C=O) groups is 1. The molecule has 0 aliphatic carbocycles. The van der Waals surface area contributed by atoms with Gasteiger partial charge in [-0.15, -0.1) is 0 Å². The van der Waals surface area contributed by atoms with Crippen molar-refractivity contribution >= 4 is 5.97 Å². The number of hydrogen-bond donors (Lipinski definition) is 0. The molecule has 0 amide bonds. The van der Waals surface area contributed by atoms with Gasteiger partial charge in [0.05, 0.1) is 12.0 Å². The second kappa shape index (κ2) is 5.63. The van der Waals surface area contributed by atoms with E-state index in [-0.39, 0.29) is 18.1 Å². The number of carbonyl (C=O) groups excluding carboxylic acids is 1. The maximum absolute atomic E-state index is 13.9. The summed E-state index contributed by atoms with van der Waals surface area (Å²) in [6.07, 6.45) is 0. The molecule has 0 saturated heterocycles.